The third-order valence-electron chi connectivity index (χ3n) is 9.54. The van der Waals surface area contributed by atoms with E-state index in [9.17, 15) is 19.1 Å². The van der Waals surface area contributed by atoms with E-state index in [4.69, 9.17) is 9.47 Å². The van der Waals surface area contributed by atoms with Crippen molar-refractivity contribution in [2.45, 2.75) is 63.3 Å². The van der Waals surface area contributed by atoms with E-state index < -0.39 is 6.10 Å². The number of nitrogens with zero attached hydrogens (tertiary/aromatic N) is 3. The minimum absolute atomic E-state index is 0.0164. The van der Waals surface area contributed by atoms with Gasteiger partial charge in [-0.1, -0.05) is 0 Å². The Morgan fingerprint density at radius 1 is 0.844 bits per heavy atom. The minimum atomic E-state index is -1.01. The summed E-state index contributed by atoms with van der Waals surface area (Å²) in [5.41, 5.74) is 2.49. The summed E-state index contributed by atoms with van der Waals surface area (Å²) in [6, 6.07) is 10.7. The van der Waals surface area contributed by atoms with Crippen molar-refractivity contribution in [1.29, 1.82) is 0 Å². The molecule has 45 heavy (non-hydrogen) atoms. The monoisotopic (exact) mass is 623 g/mol. The van der Waals surface area contributed by atoms with Crippen LogP contribution >= 0.6 is 0 Å². The number of likely N-dealkylation sites (tertiary alicyclic amines) is 2. The molecule has 0 aromatic heterocycles. The van der Waals surface area contributed by atoms with E-state index in [1.54, 1.807) is 11.0 Å². The number of anilines is 1. The Kier molecular flexibility index (Phi) is 10.1. The van der Waals surface area contributed by atoms with Crippen LogP contribution < -0.4 is 25.0 Å². The van der Waals surface area contributed by atoms with Gasteiger partial charge in [0.2, 0.25) is 0 Å². The predicted molar refractivity (Wildman–Crippen MR) is 170 cm³/mol. The second-order valence-corrected chi connectivity index (χ2v) is 12.8. The first-order chi connectivity index (χ1) is 21.8. The quantitative estimate of drug-likeness (QED) is 0.413. The molecule has 10 nitrogen and oxygen atoms in total. The van der Waals surface area contributed by atoms with Gasteiger partial charge in [-0.3, -0.25) is 9.59 Å². The van der Waals surface area contributed by atoms with Gasteiger partial charge in [0.25, 0.3) is 11.8 Å². The van der Waals surface area contributed by atoms with Gasteiger partial charge in [0.15, 0.2) is 0 Å². The summed E-state index contributed by atoms with van der Waals surface area (Å²) < 4.78 is 27.1. The van der Waals surface area contributed by atoms with Crippen molar-refractivity contribution in [3.8, 4) is 11.5 Å². The zero-order chi connectivity index (χ0) is 31.3. The van der Waals surface area contributed by atoms with Gasteiger partial charge in [0.05, 0.1) is 0 Å². The minimum Gasteiger partial charge on any atom is -0.490 e. The van der Waals surface area contributed by atoms with Crippen molar-refractivity contribution in [2.75, 3.05) is 70.3 Å². The summed E-state index contributed by atoms with van der Waals surface area (Å²) in [7, 11) is 0. The van der Waals surface area contributed by atoms with Crippen molar-refractivity contribution in [1.82, 2.24) is 20.4 Å². The van der Waals surface area contributed by atoms with Crippen LogP contribution in [0.15, 0.2) is 36.4 Å². The average Bonchev–Trinajstić information content (AvgIpc) is 3.58. The van der Waals surface area contributed by atoms with Crippen LogP contribution in [0.5, 0.6) is 11.5 Å². The number of carbonyl (C=O) groups is 2. The molecule has 0 spiro atoms. The number of nitrogens with one attached hydrogen (secondary N) is 2. The Hall–Kier alpha value is -3.41. The van der Waals surface area contributed by atoms with Crippen LogP contribution in [0.3, 0.4) is 0 Å². The van der Waals surface area contributed by atoms with E-state index in [1.807, 2.05) is 29.2 Å². The van der Waals surface area contributed by atoms with E-state index in [0.29, 0.717) is 50.3 Å². The zero-order valence-corrected chi connectivity index (χ0v) is 26.2. The maximum Gasteiger partial charge on any atom is 0.253 e. The number of hydrogen-bond donors (Lipinski definition) is 3. The largest absolute Gasteiger partial charge is 0.490 e. The summed E-state index contributed by atoms with van der Waals surface area (Å²) in [4.78, 5) is 31.8. The molecule has 0 aliphatic carbocycles. The van der Waals surface area contributed by atoms with Gasteiger partial charge in [-0.2, -0.15) is 0 Å². The highest BCUT2D eigenvalue weighted by atomic mass is 19.1. The molecule has 4 heterocycles. The molecule has 4 saturated heterocycles. The van der Waals surface area contributed by atoms with Gasteiger partial charge < -0.3 is 39.9 Å². The zero-order valence-electron chi connectivity index (χ0n) is 26.2. The fourth-order valence-electron chi connectivity index (χ4n) is 6.96. The van der Waals surface area contributed by atoms with E-state index in [1.165, 1.54) is 13.0 Å². The molecular weight excluding hydrogens is 577 g/mol. The third kappa shape index (κ3) is 7.70. The molecule has 244 valence electrons. The maximum absolute atomic E-state index is 14.5. The fraction of sp³-hybridized carbons (Fsp3) is 0.588. The maximum atomic E-state index is 14.5. The summed E-state index contributed by atoms with van der Waals surface area (Å²) in [5.74, 6) is 0.931. The van der Waals surface area contributed by atoms with Gasteiger partial charge in [0, 0.05) is 95.1 Å². The van der Waals surface area contributed by atoms with E-state index >= 15 is 0 Å². The molecule has 1 unspecified atom stereocenters. The lowest BCUT2D eigenvalue weighted by atomic mass is 9.87. The molecule has 2 aromatic rings. The number of aliphatic hydroxyl groups is 1. The smallest absolute Gasteiger partial charge is 0.253 e. The van der Waals surface area contributed by atoms with E-state index in [0.717, 1.165) is 75.5 Å². The summed E-state index contributed by atoms with van der Waals surface area (Å²) in [6.45, 7) is 8.88. The number of hydrogen-bond acceptors (Lipinski definition) is 8. The Morgan fingerprint density at radius 3 is 2.27 bits per heavy atom. The molecular formula is C34H46FN5O5. The lowest BCUT2D eigenvalue weighted by Crippen LogP contribution is -2.43. The van der Waals surface area contributed by atoms with E-state index in [-0.39, 0.29) is 35.8 Å². The van der Waals surface area contributed by atoms with Crippen LogP contribution in [0.2, 0.25) is 0 Å². The SMILES string of the molecule is CC(O)C(=O)N1CCC(c2cc(C(=O)N3CCC(Oc4cc(F)cc(N5CCNCC5)c4)CC3)ccc2O[C@H]2CCNC2)CC1. The van der Waals surface area contributed by atoms with Crippen molar-refractivity contribution < 1.29 is 28.6 Å². The predicted octanol–water partition coefficient (Wildman–Crippen LogP) is 2.75. The highest BCUT2D eigenvalue weighted by Crippen LogP contribution is 2.37. The highest BCUT2D eigenvalue weighted by molar-refractivity contribution is 5.94. The van der Waals surface area contributed by atoms with Gasteiger partial charge in [-0.25, -0.2) is 4.39 Å². The van der Waals surface area contributed by atoms with Crippen molar-refractivity contribution >= 4 is 17.5 Å². The molecule has 0 radical (unpaired) electrons. The second-order valence-electron chi connectivity index (χ2n) is 12.8. The standard InChI is InChI=1S/C34H46FN5O5/c1-23(41)33(42)39-12-5-24(6-13-39)31-18-25(2-3-32(31)45-29-4-9-37-22-29)34(43)40-14-7-28(8-15-40)44-30-20-26(35)19-27(21-30)38-16-10-36-11-17-38/h2-3,18-21,23-24,28-29,36-37,41H,4-17,22H2,1H3/t23?,29-/m0/s1. The molecule has 4 aliphatic heterocycles. The molecule has 11 heteroatoms. The lowest BCUT2D eigenvalue weighted by molar-refractivity contribution is -0.140. The number of aliphatic hydroxyl groups excluding tert-OH is 1. The Labute approximate surface area is 264 Å². The summed E-state index contributed by atoms with van der Waals surface area (Å²) >= 11 is 0. The molecule has 4 aliphatic rings. The summed E-state index contributed by atoms with van der Waals surface area (Å²) in [6.07, 6.45) is 2.76. The fourth-order valence-corrected chi connectivity index (χ4v) is 6.96. The Balaban J connectivity index is 1.10. The first-order valence-corrected chi connectivity index (χ1v) is 16.5. The van der Waals surface area contributed by atoms with Crippen LogP contribution in [0.4, 0.5) is 10.1 Å². The van der Waals surface area contributed by atoms with Crippen LogP contribution in [0.1, 0.15) is 60.9 Å². The number of halogens is 1. The highest BCUT2D eigenvalue weighted by Gasteiger charge is 2.31. The number of rotatable bonds is 8. The third-order valence-corrected chi connectivity index (χ3v) is 9.54. The molecule has 4 fully saturated rings. The van der Waals surface area contributed by atoms with Gasteiger partial charge >= 0.3 is 0 Å². The molecule has 6 rings (SSSR count). The number of benzene rings is 2. The van der Waals surface area contributed by atoms with Crippen molar-refractivity contribution in [2.24, 2.45) is 0 Å². The molecule has 2 amide bonds. The lowest BCUT2D eigenvalue weighted by Gasteiger charge is -2.34. The Morgan fingerprint density at radius 2 is 1.58 bits per heavy atom. The number of amides is 2. The number of piperazine rings is 1. The first kappa shape index (κ1) is 31.6. The van der Waals surface area contributed by atoms with Crippen LogP contribution in [-0.2, 0) is 4.79 Å². The number of piperidine rings is 2. The normalized spacial score (nSPS) is 22.4. The topological polar surface area (TPSA) is 107 Å². The molecule has 3 N–H and O–H groups in total. The first-order valence-electron chi connectivity index (χ1n) is 16.5. The van der Waals surface area contributed by atoms with Crippen LogP contribution in [-0.4, -0.2) is 110 Å². The second kappa shape index (κ2) is 14.3. The van der Waals surface area contributed by atoms with Gasteiger partial charge in [-0.05, 0) is 68.5 Å². The molecule has 2 aromatic carbocycles. The van der Waals surface area contributed by atoms with E-state index in [2.05, 4.69) is 15.5 Å². The molecule has 0 bridgehead atoms. The van der Waals surface area contributed by atoms with Crippen molar-refractivity contribution in [3.63, 3.8) is 0 Å². The van der Waals surface area contributed by atoms with Crippen LogP contribution in [0, 0.1) is 5.82 Å². The van der Waals surface area contributed by atoms with Gasteiger partial charge in [-0.15, -0.1) is 0 Å². The van der Waals surface area contributed by atoms with Gasteiger partial charge in [0.1, 0.15) is 35.6 Å². The average molecular weight is 624 g/mol. The molecule has 0 saturated carbocycles. The number of ether oxygens (including phenoxy) is 2. The molecule has 2 atom stereocenters. The van der Waals surface area contributed by atoms with Crippen molar-refractivity contribution in [3.05, 3.63) is 53.3 Å². The Bertz CT molecular complexity index is 1330. The van der Waals surface area contributed by atoms with Crippen LogP contribution in [0.25, 0.3) is 0 Å². The number of carbonyl (C=O) groups excluding carboxylic acids is 2. The summed E-state index contributed by atoms with van der Waals surface area (Å²) in [5, 5.41) is 16.4.